The lowest BCUT2D eigenvalue weighted by Crippen LogP contribution is -2.05. The Labute approximate surface area is 89.7 Å². The van der Waals surface area contributed by atoms with Crippen LogP contribution in [0.15, 0.2) is 18.2 Å². The van der Waals surface area contributed by atoms with Crippen LogP contribution in [0.5, 0.6) is 17.2 Å². The summed E-state index contributed by atoms with van der Waals surface area (Å²) in [6, 6.07) is 5.50. The normalized spacial score (nSPS) is 9.80. The number of hydrogen-bond donors (Lipinski definition) is 0. The molecular weight excluding hydrogens is 196 g/mol. The number of methoxy groups -OCH3 is 3. The van der Waals surface area contributed by atoms with Crippen molar-refractivity contribution in [2.75, 3.05) is 34.5 Å². The zero-order valence-electron chi connectivity index (χ0n) is 9.28. The van der Waals surface area contributed by atoms with Crippen molar-refractivity contribution in [2.24, 2.45) is 0 Å². The van der Waals surface area contributed by atoms with Crippen LogP contribution in [-0.4, -0.2) is 34.5 Å². The minimum atomic E-state index is 0.486. The van der Waals surface area contributed by atoms with Crippen LogP contribution in [0.25, 0.3) is 0 Å². The first kappa shape index (κ1) is 11.7. The molecule has 0 heterocycles. The third-order valence-electron chi connectivity index (χ3n) is 1.91. The van der Waals surface area contributed by atoms with Gasteiger partial charge in [-0.1, -0.05) is 6.07 Å². The van der Waals surface area contributed by atoms with Crippen molar-refractivity contribution in [3.05, 3.63) is 18.2 Å². The molecule has 4 nitrogen and oxygen atoms in total. The first-order chi connectivity index (χ1) is 7.33. The van der Waals surface area contributed by atoms with E-state index in [4.69, 9.17) is 18.9 Å². The van der Waals surface area contributed by atoms with Crippen molar-refractivity contribution < 1.29 is 18.9 Å². The van der Waals surface area contributed by atoms with E-state index in [1.54, 1.807) is 21.3 Å². The van der Waals surface area contributed by atoms with Gasteiger partial charge in [0.15, 0.2) is 11.5 Å². The lowest BCUT2D eigenvalue weighted by molar-refractivity contribution is 0.144. The van der Waals surface area contributed by atoms with Crippen LogP contribution in [-0.2, 0) is 4.74 Å². The largest absolute Gasteiger partial charge is 0.493 e. The molecule has 15 heavy (non-hydrogen) atoms. The van der Waals surface area contributed by atoms with E-state index in [1.165, 1.54) is 0 Å². The van der Waals surface area contributed by atoms with E-state index in [2.05, 4.69) is 0 Å². The zero-order valence-corrected chi connectivity index (χ0v) is 9.28. The average molecular weight is 212 g/mol. The van der Waals surface area contributed by atoms with Crippen molar-refractivity contribution in [1.29, 1.82) is 0 Å². The third kappa shape index (κ3) is 3.02. The number of benzene rings is 1. The minimum absolute atomic E-state index is 0.486. The molecule has 84 valence electrons. The minimum Gasteiger partial charge on any atom is -0.493 e. The summed E-state index contributed by atoms with van der Waals surface area (Å²) in [7, 11) is 4.81. The molecule has 0 N–H and O–H groups in total. The highest BCUT2D eigenvalue weighted by Gasteiger charge is 2.09. The molecule has 0 radical (unpaired) electrons. The monoisotopic (exact) mass is 212 g/mol. The van der Waals surface area contributed by atoms with Gasteiger partial charge < -0.3 is 18.9 Å². The van der Waals surface area contributed by atoms with E-state index in [1.807, 2.05) is 18.2 Å². The van der Waals surface area contributed by atoms with Gasteiger partial charge in [0.05, 0.1) is 20.8 Å². The Kier molecular flexibility index (Phi) is 4.77. The Morgan fingerprint density at radius 3 is 2.27 bits per heavy atom. The first-order valence-electron chi connectivity index (χ1n) is 4.66. The molecule has 1 aromatic carbocycles. The molecule has 0 fully saturated rings. The zero-order chi connectivity index (χ0) is 11.1. The SMILES string of the molecule is COCCOc1cccc(OC)c1OC. The van der Waals surface area contributed by atoms with E-state index in [-0.39, 0.29) is 0 Å². The van der Waals surface area contributed by atoms with Gasteiger partial charge >= 0.3 is 0 Å². The Hall–Kier alpha value is -1.42. The van der Waals surface area contributed by atoms with Crippen LogP contribution in [0.2, 0.25) is 0 Å². The quantitative estimate of drug-likeness (QED) is 0.673. The van der Waals surface area contributed by atoms with Crippen LogP contribution in [0.3, 0.4) is 0 Å². The second kappa shape index (κ2) is 6.14. The summed E-state index contributed by atoms with van der Waals surface area (Å²) in [5.41, 5.74) is 0. The van der Waals surface area contributed by atoms with Crippen LogP contribution in [0.1, 0.15) is 0 Å². The lowest BCUT2D eigenvalue weighted by Gasteiger charge is -2.12. The predicted octanol–water partition coefficient (Wildman–Crippen LogP) is 1.73. The number of hydrogen-bond acceptors (Lipinski definition) is 4. The Morgan fingerprint density at radius 2 is 1.67 bits per heavy atom. The first-order valence-corrected chi connectivity index (χ1v) is 4.66. The van der Waals surface area contributed by atoms with Crippen molar-refractivity contribution in [3.8, 4) is 17.2 Å². The third-order valence-corrected chi connectivity index (χ3v) is 1.91. The average Bonchev–Trinajstić information content (AvgIpc) is 2.29. The van der Waals surface area contributed by atoms with Crippen molar-refractivity contribution in [3.63, 3.8) is 0 Å². The molecule has 0 aliphatic heterocycles. The Morgan fingerprint density at radius 1 is 0.933 bits per heavy atom. The highest BCUT2D eigenvalue weighted by atomic mass is 16.5. The van der Waals surface area contributed by atoms with Crippen molar-refractivity contribution in [1.82, 2.24) is 0 Å². The fourth-order valence-electron chi connectivity index (χ4n) is 1.21. The van der Waals surface area contributed by atoms with Gasteiger partial charge in [-0.2, -0.15) is 0 Å². The molecule has 1 aromatic rings. The van der Waals surface area contributed by atoms with Gasteiger partial charge in [-0.15, -0.1) is 0 Å². The second-order valence-corrected chi connectivity index (χ2v) is 2.83. The molecule has 0 unspecified atom stereocenters. The fraction of sp³-hybridized carbons (Fsp3) is 0.455. The molecular formula is C11H16O4. The standard InChI is InChI=1S/C11H16O4/c1-12-7-8-15-10-6-4-5-9(13-2)11(10)14-3/h4-6H,7-8H2,1-3H3. The number of rotatable bonds is 6. The summed E-state index contributed by atoms with van der Waals surface area (Å²) in [6.45, 7) is 1.03. The smallest absolute Gasteiger partial charge is 0.203 e. The molecule has 0 saturated carbocycles. The van der Waals surface area contributed by atoms with Crippen molar-refractivity contribution >= 4 is 0 Å². The maximum Gasteiger partial charge on any atom is 0.203 e. The van der Waals surface area contributed by atoms with Crippen molar-refractivity contribution in [2.45, 2.75) is 0 Å². The molecule has 0 saturated heterocycles. The van der Waals surface area contributed by atoms with Crippen LogP contribution < -0.4 is 14.2 Å². The van der Waals surface area contributed by atoms with E-state index in [0.717, 1.165) is 0 Å². The second-order valence-electron chi connectivity index (χ2n) is 2.83. The van der Waals surface area contributed by atoms with E-state index in [9.17, 15) is 0 Å². The summed E-state index contributed by atoms with van der Waals surface area (Å²) in [5, 5.41) is 0. The maximum absolute atomic E-state index is 5.48. The highest BCUT2D eigenvalue weighted by molar-refractivity contribution is 5.50. The molecule has 0 aliphatic carbocycles. The van der Waals surface area contributed by atoms with Gasteiger partial charge in [0, 0.05) is 7.11 Å². The van der Waals surface area contributed by atoms with E-state index < -0.39 is 0 Å². The summed E-state index contributed by atoms with van der Waals surface area (Å²) in [5.74, 6) is 1.93. The Balaban J connectivity index is 2.76. The van der Waals surface area contributed by atoms with E-state index in [0.29, 0.717) is 30.5 Å². The summed E-state index contributed by atoms with van der Waals surface area (Å²) >= 11 is 0. The summed E-state index contributed by atoms with van der Waals surface area (Å²) in [6.07, 6.45) is 0. The molecule has 0 aromatic heterocycles. The highest BCUT2D eigenvalue weighted by Crippen LogP contribution is 2.36. The summed E-state index contributed by atoms with van der Waals surface area (Å²) in [4.78, 5) is 0. The van der Waals surface area contributed by atoms with Gasteiger partial charge in [0.2, 0.25) is 5.75 Å². The van der Waals surface area contributed by atoms with Gasteiger partial charge in [-0.05, 0) is 12.1 Å². The van der Waals surface area contributed by atoms with Gasteiger partial charge in [-0.25, -0.2) is 0 Å². The topological polar surface area (TPSA) is 36.9 Å². The van der Waals surface area contributed by atoms with Gasteiger partial charge in [0.1, 0.15) is 6.61 Å². The molecule has 0 atom stereocenters. The number of ether oxygens (including phenoxy) is 4. The lowest BCUT2D eigenvalue weighted by atomic mass is 10.3. The predicted molar refractivity (Wildman–Crippen MR) is 56.9 cm³/mol. The van der Waals surface area contributed by atoms with E-state index >= 15 is 0 Å². The fourth-order valence-corrected chi connectivity index (χ4v) is 1.21. The van der Waals surface area contributed by atoms with Gasteiger partial charge in [0.25, 0.3) is 0 Å². The maximum atomic E-state index is 5.48. The molecule has 1 rings (SSSR count). The Bertz CT molecular complexity index is 299. The van der Waals surface area contributed by atoms with Crippen LogP contribution >= 0.6 is 0 Å². The molecule has 0 spiro atoms. The summed E-state index contributed by atoms with van der Waals surface area (Å²) < 4.78 is 20.7. The molecule has 4 heteroatoms. The van der Waals surface area contributed by atoms with Crippen LogP contribution in [0.4, 0.5) is 0 Å². The molecule has 0 amide bonds. The van der Waals surface area contributed by atoms with Crippen LogP contribution in [0, 0.1) is 0 Å². The molecule has 0 bridgehead atoms. The van der Waals surface area contributed by atoms with Gasteiger partial charge in [-0.3, -0.25) is 0 Å². The molecule has 0 aliphatic rings. The number of para-hydroxylation sites is 1.